The number of aliphatic hydroxyl groups excluding tert-OH is 1. The molecule has 1 saturated heterocycles. The highest BCUT2D eigenvalue weighted by Gasteiger charge is 2.31. The fraction of sp³-hybridized carbons (Fsp3) is 0.833. The Bertz CT molecular complexity index is 430. The van der Waals surface area contributed by atoms with E-state index < -0.39 is 5.60 Å². The van der Waals surface area contributed by atoms with Crippen molar-refractivity contribution in [3.05, 3.63) is 12.2 Å². The molecule has 0 bridgehead atoms. The lowest BCUT2D eigenvalue weighted by atomic mass is 9.91. The second-order valence-corrected chi connectivity index (χ2v) is 7.95. The second kappa shape index (κ2) is 7.67. The third kappa shape index (κ3) is 5.50. The number of hydrogen-bond donors (Lipinski definition) is 2. The zero-order chi connectivity index (χ0) is 17.0. The molecule has 5 heteroatoms. The first-order valence-corrected chi connectivity index (χ1v) is 8.81. The minimum Gasteiger partial charge on any atom is -0.444 e. The molecule has 0 unspecified atom stereocenters. The summed E-state index contributed by atoms with van der Waals surface area (Å²) in [7, 11) is 0. The first-order valence-electron chi connectivity index (χ1n) is 8.81. The molecule has 1 heterocycles. The van der Waals surface area contributed by atoms with E-state index >= 15 is 0 Å². The molecule has 2 N–H and O–H groups in total. The van der Waals surface area contributed by atoms with Crippen LogP contribution in [0.1, 0.15) is 47.0 Å². The van der Waals surface area contributed by atoms with Crippen LogP contribution in [0.2, 0.25) is 0 Å². The summed E-state index contributed by atoms with van der Waals surface area (Å²) in [5.74, 6) is 0.724. The average Bonchev–Trinajstić information content (AvgIpc) is 2.93. The molecule has 0 aromatic heterocycles. The van der Waals surface area contributed by atoms with Crippen LogP contribution in [0.3, 0.4) is 0 Å². The molecule has 132 valence electrons. The van der Waals surface area contributed by atoms with Crippen LogP contribution in [0.15, 0.2) is 12.2 Å². The Kier molecular flexibility index (Phi) is 6.09. The van der Waals surface area contributed by atoms with Crippen LogP contribution >= 0.6 is 0 Å². The topological polar surface area (TPSA) is 61.8 Å². The van der Waals surface area contributed by atoms with Crippen molar-refractivity contribution in [1.29, 1.82) is 0 Å². The van der Waals surface area contributed by atoms with E-state index in [1.165, 1.54) is 0 Å². The number of nitrogens with one attached hydrogen (secondary N) is 1. The fourth-order valence-electron chi connectivity index (χ4n) is 3.42. The van der Waals surface area contributed by atoms with Gasteiger partial charge in [0.15, 0.2) is 0 Å². The van der Waals surface area contributed by atoms with Crippen molar-refractivity contribution in [2.45, 2.75) is 64.6 Å². The number of carbonyl (C=O) groups is 1. The molecule has 2 aliphatic rings. The molecule has 4 atom stereocenters. The van der Waals surface area contributed by atoms with E-state index in [4.69, 9.17) is 4.74 Å². The summed E-state index contributed by atoms with van der Waals surface area (Å²) in [6, 6.07) is 0.673. The lowest BCUT2D eigenvalue weighted by Gasteiger charge is -2.37. The molecular weight excluding hydrogens is 292 g/mol. The number of piperidine rings is 1. The highest BCUT2D eigenvalue weighted by atomic mass is 16.6. The van der Waals surface area contributed by atoms with Crippen LogP contribution in [0.25, 0.3) is 0 Å². The Morgan fingerprint density at radius 3 is 2.78 bits per heavy atom. The maximum Gasteiger partial charge on any atom is 0.410 e. The van der Waals surface area contributed by atoms with Crippen molar-refractivity contribution in [3.63, 3.8) is 0 Å². The molecule has 23 heavy (non-hydrogen) atoms. The van der Waals surface area contributed by atoms with E-state index in [0.717, 1.165) is 32.4 Å². The molecule has 0 aromatic carbocycles. The zero-order valence-electron chi connectivity index (χ0n) is 14.9. The Labute approximate surface area is 140 Å². The lowest BCUT2D eigenvalue weighted by molar-refractivity contribution is 0.0147. The van der Waals surface area contributed by atoms with Gasteiger partial charge in [-0.15, -0.1) is 0 Å². The number of likely N-dealkylation sites (tertiary alicyclic amines) is 1. The van der Waals surface area contributed by atoms with E-state index in [-0.39, 0.29) is 18.6 Å². The van der Waals surface area contributed by atoms with Gasteiger partial charge >= 0.3 is 6.09 Å². The number of hydrogen-bond acceptors (Lipinski definition) is 4. The fourth-order valence-corrected chi connectivity index (χ4v) is 3.42. The minimum atomic E-state index is -0.443. The summed E-state index contributed by atoms with van der Waals surface area (Å²) in [4.78, 5) is 14.1. The van der Waals surface area contributed by atoms with Crippen molar-refractivity contribution in [3.8, 4) is 0 Å². The van der Waals surface area contributed by atoms with Crippen LogP contribution in [-0.4, -0.2) is 53.5 Å². The molecule has 1 fully saturated rings. The van der Waals surface area contributed by atoms with Gasteiger partial charge in [-0.3, -0.25) is 0 Å². The van der Waals surface area contributed by atoms with Gasteiger partial charge in [-0.1, -0.05) is 12.2 Å². The van der Waals surface area contributed by atoms with Gasteiger partial charge in [0.1, 0.15) is 5.60 Å². The van der Waals surface area contributed by atoms with Crippen LogP contribution in [0.4, 0.5) is 4.79 Å². The number of amides is 1. The van der Waals surface area contributed by atoms with Crippen molar-refractivity contribution >= 4 is 6.09 Å². The summed E-state index contributed by atoms with van der Waals surface area (Å²) in [6.07, 6.45) is 7.17. The number of carbonyl (C=O) groups excluding carboxylic acids is 1. The molecule has 1 amide bonds. The number of ether oxygens (including phenoxy) is 1. The Balaban J connectivity index is 1.83. The van der Waals surface area contributed by atoms with E-state index in [2.05, 4.69) is 24.4 Å². The summed E-state index contributed by atoms with van der Waals surface area (Å²) in [5.41, 5.74) is -0.443. The van der Waals surface area contributed by atoms with Gasteiger partial charge in [-0.2, -0.15) is 0 Å². The molecule has 1 aliphatic carbocycles. The van der Waals surface area contributed by atoms with Gasteiger partial charge in [0, 0.05) is 37.7 Å². The van der Waals surface area contributed by atoms with Crippen LogP contribution < -0.4 is 5.32 Å². The third-order valence-electron chi connectivity index (χ3n) is 4.70. The van der Waals surface area contributed by atoms with Crippen molar-refractivity contribution < 1.29 is 14.6 Å². The van der Waals surface area contributed by atoms with Gasteiger partial charge < -0.3 is 20.1 Å². The SMILES string of the molecule is C[C@@H](N[C@@H]1C=C[C@H](CO)C1)[C@@H]1CCCN(C(=O)OC(C)(C)C)C1. The van der Waals surface area contributed by atoms with E-state index in [9.17, 15) is 9.90 Å². The summed E-state index contributed by atoms with van der Waals surface area (Å²) in [5, 5.41) is 12.9. The van der Waals surface area contributed by atoms with E-state index in [1.54, 1.807) is 0 Å². The standard InChI is InChI=1S/C18H32N2O3/c1-13(19-16-8-7-14(10-16)12-21)15-6-5-9-20(11-15)17(22)23-18(2,3)4/h7-8,13-16,19,21H,5-6,9-12H2,1-4H3/t13-,14+,15-,16-/m1/s1. The minimum absolute atomic E-state index is 0.199. The number of rotatable bonds is 4. The maximum atomic E-state index is 12.3. The van der Waals surface area contributed by atoms with Crippen LogP contribution in [0.5, 0.6) is 0 Å². The van der Waals surface area contributed by atoms with Crippen molar-refractivity contribution in [1.82, 2.24) is 10.2 Å². The average molecular weight is 324 g/mol. The second-order valence-electron chi connectivity index (χ2n) is 7.95. The molecule has 0 radical (unpaired) electrons. The lowest BCUT2D eigenvalue weighted by Crippen LogP contribution is -2.49. The van der Waals surface area contributed by atoms with Crippen molar-refractivity contribution in [2.75, 3.05) is 19.7 Å². The summed E-state index contributed by atoms with van der Waals surface area (Å²) >= 11 is 0. The molecule has 0 aromatic rings. The molecular formula is C18H32N2O3. The first-order chi connectivity index (χ1) is 10.8. The first kappa shape index (κ1) is 18.3. The Morgan fingerprint density at radius 2 is 2.17 bits per heavy atom. The van der Waals surface area contributed by atoms with Gasteiger partial charge in [0.05, 0.1) is 0 Å². The Morgan fingerprint density at radius 1 is 1.43 bits per heavy atom. The number of aliphatic hydroxyl groups is 1. The monoisotopic (exact) mass is 324 g/mol. The quantitative estimate of drug-likeness (QED) is 0.780. The van der Waals surface area contributed by atoms with Gasteiger partial charge in [0.2, 0.25) is 0 Å². The highest BCUT2D eigenvalue weighted by Crippen LogP contribution is 2.24. The van der Waals surface area contributed by atoms with Gasteiger partial charge in [0.25, 0.3) is 0 Å². The van der Waals surface area contributed by atoms with E-state index in [1.807, 2.05) is 25.7 Å². The predicted molar refractivity (Wildman–Crippen MR) is 91.2 cm³/mol. The zero-order valence-corrected chi connectivity index (χ0v) is 14.9. The Hall–Kier alpha value is -1.07. The third-order valence-corrected chi connectivity index (χ3v) is 4.70. The molecule has 1 aliphatic heterocycles. The highest BCUT2D eigenvalue weighted by molar-refractivity contribution is 5.68. The van der Waals surface area contributed by atoms with Crippen molar-refractivity contribution in [2.24, 2.45) is 11.8 Å². The van der Waals surface area contributed by atoms with Gasteiger partial charge in [-0.05, 0) is 52.9 Å². The predicted octanol–water partition coefficient (Wildman–Crippen LogP) is 2.55. The summed E-state index contributed by atoms with van der Waals surface area (Å²) < 4.78 is 5.49. The van der Waals surface area contributed by atoms with Gasteiger partial charge in [-0.25, -0.2) is 4.79 Å². The molecule has 2 rings (SSSR count). The molecule has 0 saturated carbocycles. The molecule has 0 spiro atoms. The molecule has 5 nitrogen and oxygen atoms in total. The van der Waals surface area contributed by atoms with Crippen LogP contribution in [-0.2, 0) is 4.74 Å². The number of nitrogens with zero attached hydrogens (tertiary/aromatic N) is 1. The normalized spacial score (nSPS) is 29.6. The van der Waals surface area contributed by atoms with E-state index in [0.29, 0.717) is 18.0 Å². The maximum absolute atomic E-state index is 12.3. The summed E-state index contributed by atoms with van der Waals surface area (Å²) in [6.45, 7) is 9.67. The smallest absolute Gasteiger partial charge is 0.410 e. The van der Waals surface area contributed by atoms with Crippen LogP contribution in [0, 0.1) is 11.8 Å². The largest absolute Gasteiger partial charge is 0.444 e.